The van der Waals surface area contributed by atoms with E-state index in [1.54, 1.807) is 7.11 Å². The van der Waals surface area contributed by atoms with E-state index in [9.17, 15) is 20.0 Å². The minimum atomic E-state index is -0.702. The van der Waals surface area contributed by atoms with E-state index in [4.69, 9.17) is 4.74 Å². The van der Waals surface area contributed by atoms with E-state index in [-0.39, 0.29) is 23.6 Å². The summed E-state index contributed by atoms with van der Waals surface area (Å²) in [5.74, 6) is -0.870. The Morgan fingerprint density at radius 1 is 1.53 bits per heavy atom. The van der Waals surface area contributed by atoms with Crippen molar-refractivity contribution < 1.29 is 19.6 Å². The molecule has 1 aromatic rings. The van der Waals surface area contributed by atoms with E-state index in [0.29, 0.717) is 0 Å². The smallest absolute Gasteiger partial charge is 0.310 e. The highest BCUT2D eigenvalue weighted by molar-refractivity contribution is 5.95. The van der Waals surface area contributed by atoms with Gasteiger partial charge in [-0.3, -0.25) is 14.9 Å². The molecule has 2 N–H and O–H groups in total. The highest BCUT2D eigenvalue weighted by Crippen LogP contribution is 2.27. The maximum atomic E-state index is 11.8. The molecule has 0 unspecified atom stereocenters. The number of nitrogens with one attached hydrogen (secondary N) is 1. The molecule has 7 nitrogen and oxygen atoms in total. The number of benzene rings is 1. The fraction of sp³-hybridized carbons (Fsp3) is 0.417. The first kappa shape index (κ1) is 13.3. The predicted octanol–water partition coefficient (Wildman–Crippen LogP) is 1.21. The number of nitrogens with zero attached hydrogens (tertiary/aromatic N) is 1. The fourth-order valence-electron chi connectivity index (χ4n) is 1.96. The molecule has 0 atom stereocenters. The van der Waals surface area contributed by atoms with E-state index < -0.39 is 16.4 Å². The molecule has 1 aromatic carbocycles. The summed E-state index contributed by atoms with van der Waals surface area (Å²) in [4.78, 5) is 21.7. The summed E-state index contributed by atoms with van der Waals surface area (Å²) in [6.45, 7) is 0. The van der Waals surface area contributed by atoms with E-state index in [0.717, 1.165) is 25.0 Å². The van der Waals surface area contributed by atoms with Gasteiger partial charge in [0.25, 0.3) is 5.91 Å². The summed E-state index contributed by atoms with van der Waals surface area (Å²) in [5, 5.41) is 22.8. The van der Waals surface area contributed by atoms with E-state index >= 15 is 0 Å². The third-order valence-corrected chi connectivity index (χ3v) is 3.20. The molecule has 1 amide bonds. The van der Waals surface area contributed by atoms with Crippen LogP contribution >= 0.6 is 0 Å². The van der Waals surface area contributed by atoms with Crippen LogP contribution in [0, 0.1) is 10.1 Å². The van der Waals surface area contributed by atoms with Crippen LogP contribution in [0.2, 0.25) is 0 Å². The lowest BCUT2D eigenvalue weighted by Gasteiger charge is -2.34. The predicted molar refractivity (Wildman–Crippen MR) is 66.0 cm³/mol. The number of methoxy groups -OCH3 is 1. The van der Waals surface area contributed by atoms with Gasteiger partial charge in [0.15, 0.2) is 5.75 Å². The zero-order chi connectivity index (χ0) is 14.0. The number of carbonyl (C=O) groups is 1. The number of hydrogen-bond donors (Lipinski definition) is 2. The lowest BCUT2D eigenvalue weighted by Crippen LogP contribution is -2.47. The largest absolute Gasteiger partial charge is 0.502 e. The molecule has 1 fully saturated rings. The molecular formula is C12H14N2O5. The number of hydrogen-bond acceptors (Lipinski definition) is 5. The number of aromatic hydroxyl groups is 1. The molecule has 0 radical (unpaired) electrons. The Morgan fingerprint density at radius 2 is 2.21 bits per heavy atom. The van der Waals surface area contributed by atoms with Crippen molar-refractivity contribution >= 4 is 11.6 Å². The van der Waals surface area contributed by atoms with Gasteiger partial charge in [0, 0.05) is 24.8 Å². The van der Waals surface area contributed by atoms with Gasteiger partial charge in [-0.25, -0.2) is 0 Å². The van der Waals surface area contributed by atoms with Crippen LogP contribution in [0.1, 0.15) is 23.2 Å². The molecule has 0 saturated heterocycles. The first-order chi connectivity index (χ1) is 9.01. The van der Waals surface area contributed by atoms with Crippen LogP contribution in [-0.2, 0) is 4.74 Å². The first-order valence-corrected chi connectivity index (χ1v) is 5.82. The standard InChI is InChI=1S/C12H14N2O5/c1-19-9-5-8(6-9)13-12(16)7-2-3-10(14(17)18)11(15)4-7/h2-4,8-9,15H,5-6H2,1H3,(H,13,16). The van der Waals surface area contributed by atoms with Crippen molar-refractivity contribution in [2.45, 2.75) is 25.0 Å². The summed E-state index contributed by atoms with van der Waals surface area (Å²) in [5.41, 5.74) is -0.219. The van der Waals surface area contributed by atoms with Gasteiger partial charge >= 0.3 is 5.69 Å². The normalized spacial score (nSPS) is 21.5. The third kappa shape index (κ3) is 2.82. The summed E-state index contributed by atoms with van der Waals surface area (Å²) in [7, 11) is 1.62. The molecule has 7 heteroatoms. The molecule has 1 aliphatic carbocycles. The van der Waals surface area contributed by atoms with Gasteiger partial charge in [-0.1, -0.05) is 0 Å². The number of nitro benzene ring substituents is 1. The summed E-state index contributed by atoms with van der Waals surface area (Å²) < 4.78 is 5.10. The molecule has 102 valence electrons. The second-order valence-corrected chi connectivity index (χ2v) is 4.46. The molecule has 1 saturated carbocycles. The van der Waals surface area contributed by atoms with Gasteiger partial charge < -0.3 is 15.2 Å². The van der Waals surface area contributed by atoms with Crippen LogP contribution in [0.5, 0.6) is 5.75 Å². The molecule has 0 spiro atoms. The molecule has 0 heterocycles. The Morgan fingerprint density at radius 3 is 2.74 bits per heavy atom. The molecule has 0 aliphatic heterocycles. The molecule has 19 heavy (non-hydrogen) atoms. The van der Waals surface area contributed by atoms with Crippen molar-refractivity contribution in [3.05, 3.63) is 33.9 Å². The molecule has 1 aliphatic rings. The topological polar surface area (TPSA) is 102 Å². The number of phenolic OH excluding ortho intramolecular Hbond substituents is 1. The monoisotopic (exact) mass is 266 g/mol. The second-order valence-electron chi connectivity index (χ2n) is 4.46. The average Bonchev–Trinajstić information content (AvgIpc) is 2.32. The Bertz CT molecular complexity index is 511. The summed E-state index contributed by atoms with van der Waals surface area (Å²) in [6, 6.07) is 3.58. The van der Waals surface area contributed by atoms with Crippen molar-refractivity contribution in [1.29, 1.82) is 0 Å². The number of carbonyl (C=O) groups excluding carboxylic acids is 1. The fourth-order valence-corrected chi connectivity index (χ4v) is 1.96. The van der Waals surface area contributed by atoms with Crippen molar-refractivity contribution in [3.8, 4) is 5.75 Å². The van der Waals surface area contributed by atoms with Gasteiger partial charge in [-0.2, -0.15) is 0 Å². The van der Waals surface area contributed by atoms with E-state index in [1.165, 1.54) is 6.07 Å². The number of rotatable bonds is 4. The number of amides is 1. The second kappa shape index (κ2) is 5.23. The minimum absolute atomic E-state index is 0.0507. The molecular weight excluding hydrogens is 252 g/mol. The van der Waals surface area contributed by atoms with Crippen LogP contribution in [0.4, 0.5) is 5.69 Å². The average molecular weight is 266 g/mol. The van der Waals surface area contributed by atoms with Crippen LogP contribution in [-0.4, -0.2) is 35.2 Å². The Balaban J connectivity index is 2.00. The lowest BCUT2D eigenvalue weighted by atomic mass is 9.89. The minimum Gasteiger partial charge on any atom is -0.502 e. The Kier molecular flexibility index (Phi) is 3.66. The van der Waals surface area contributed by atoms with Gasteiger partial charge in [0.05, 0.1) is 11.0 Å². The number of phenols is 1. The molecule has 0 bridgehead atoms. The maximum absolute atomic E-state index is 11.8. The van der Waals surface area contributed by atoms with Gasteiger partial charge in [0.2, 0.25) is 0 Å². The van der Waals surface area contributed by atoms with Gasteiger partial charge in [-0.15, -0.1) is 0 Å². The highest BCUT2D eigenvalue weighted by atomic mass is 16.6. The zero-order valence-corrected chi connectivity index (χ0v) is 10.3. The van der Waals surface area contributed by atoms with Gasteiger partial charge in [-0.05, 0) is 25.0 Å². The number of nitro groups is 1. The third-order valence-electron chi connectivity index (χ3n) is 3.20. The number of ether oxygens (including phenoxy) is 1. The SMILES string of the molecule is COC1CC(NC(=O)c2ccc([N+](=O)[O-])c(O)c2)C1. The van der Waals surface area contributed by atoms with Crippen molar-refractivity contribution in [3.63, 3.8) is 0 Å². The quantitative estimate of drug-likeness (QED) is 0.630. The molecule has 2 rings (SSSR count). The zero-order valence-electron chi connectivity index (χ0n) is 10.3. The van der Waals surface area contributed by atoms with Crippen LogP contribution < -0.4 is 5.32 Å². The van der Waals surface area contributed by atoms with E-state index in [2.05, 4.69) is 5.32 Å². The summed E-state index contributed by atoms with van der Waals surface area (Å²) in [6.07, 6.45) is 1.68. The van der Waals surface area contributed by atoms with Crippen LogP contribution in [0.25, 0.3) is 0 Å². The lowest BCUT2D eigenvalue weighted by molar-refractivity contribution is -0.385. The molecule has 0 aromatic heterocycles. The summed E-state index contributed by atoms with van der Waals surface area (Å²) >= 11 is 0. The van der Waals surface area contributed by atoms with Crippen LogP contribution in [0.15, 0.2) is 18.2 Å². The first-order valence-electron chi connectivity index (χ1n) is 5.82. The Labute approximate surface area is 109 Å². The van der Waals surface area contributed by atoms with Crippen LogP contribution in [0.3, 0.4) is 0 Å². The van der Waals surface area contributed by atoms with E-state index in [1.807, 2.05) is 0 Å². The van der Waals surface area contributed by atoms with Crippen molar-refractivity contribution in [2.24, 2.45) is 0 Å². The van der Waals surface area contributed by atoms with Crippen molar-refractivity contribution in [1.82, 2.24) is 5.32 Å². The van der Waals surface area contributed by atoms with Gasteiger partial charge in [0.1, 0.15) is 0 Å². The highest BCUT2D eigenvalue weighted by Gasteiger charge is 2.30. The van der Waals surface area contributed by atoms with Crippen molar-refractivity contribution in [2.75, 3.05) is 7.11 Å². The maximum Gasteiger partial charge on any atom is 0.310 e. The Hall–Kier alpha value is -2.15.